The summed E-state index contributed by atoms with van der Waals surface area (Å²) >= 11 is 1.77. The Hall–Kier alpha value is -0.410. The molecule has 86 valence electrons. The van der Waals surface area contributed by atoms with Crippen molar-refractivity contribution >= 4 is 11.3 Å². The van der Waals surface area contributed by atoms with Gasteiger partial charge in [0.1, 0.15) is 0 Å². The summed E-state index contributed by atoms with van der Waals surface area (Å²) in [5.41, 5.74) is 1.19. The maximum atomic E-state index is 4.59. The average molecular weight is 226 g/mol. The van der Waals surface area contributed by atoms with Gasteiger partial charge in [-0.1, -0.05) is 27.2 Å². The molecule has 0 radical (unpaired) electrons. The fraction of sp³-hybridized carbons (Fsp3) is 0.750. The number of rotatable bonds is 6. The van der Waals surface area contributed by atoms with E-state index in [4.69, 9.17) is 0 Å². The van der Waals surface area contributed by atoms with E-state index in [1.54, 1.807) is 11.3 Å². The number of hydrogen-bond acceptors (Lipinski definition) is 3. The molecule has 0 amide bonds. The monoisotopic (exact) mass is 226 g/mol. The van der Waals surface area contributed by atoms with Gasteiger partial charge < -0.3 is 5.32 Å². The molecule has 0 aliphatic carbocycles. The molecule has 2 unspecified atom stereocenters. The molecule has 2 nitrogen and oxygen atoms in total. The predicted octanol–water partition coefficient (Wildman–Crippen LogP) is 3.40. The summed E-state index contributed by atoms with van der Waals surface area (Å²) in [5, 5.41) is 6.94. The number of thiazole rings is 1. The molecule has 0 saturated carbocycles. The van der Waals surface area contributed by atoms with Crippen molar-refractivity contribution in [2.45, 2.75) is 46.6 Å². The topological polar surface area (TPSA) is 24.9 Å². The molecular weight excluding hydrogens is 204 g/mol. The minimum atomic E-state index is 0.385. The molecule has 0 aromatic carbocycles. The van der Waals surface area contributed by atoms with E-state index in [0.29, 0.717) is 6.04 Å². The summed E-state index contributed by atoms with van der Waals surface area (Å²) in [7, 11) is 0. The van der Waals surface area contributed by atoms with Gasteiger partial charge in [0.25, 0.3) is 0 Å². The summed E-state index contributed by atoms with van der Waals surface area (Å²) in [6, 6.07) is 0.385. The third-order valence-corrected chi connectivity index (χ3v) is 3.80. The summed E-state index contributed by atoms with van der Waals surface area (Å²) in [6.07, 6.45) is 2.28. The molecule has 0 aliphatic heterocycles. The van der Waals surface area contributed by atoms with Crippen LogP contribution in [0, 0.1) is 5.92 Å². The SMILES string of the molecule is CCc1nc(C(C)NCC(C)CC)cs1. The molecule has 0 fully saturated rings. The highest BCUT2D eigenvalue weighted by Crippen LogP contribution is 2.17. The molecule has 15 heavy (non-hydrogen) atoms. The Morgan fingerprint density at radius 2 is 2.13 bits per heavy atom. The van der Waals surface area contributed by atoms with Crippen molar-refractivity contribution in [3.8, 4) is 0 Å². The first-order valence-electron chi connectivity index (χ1n) is 5.85. The van der Waals surface area contributed by atoms with Crippen molar-refractivity contribution in [2.75, 3.05) is 6.54 Å². The molecule has 1 aromatic heterocycles. The molecule has 0 aliphatic rings. The Balaban J connectivity index is 2.42. The van der Waals surface area contributed by atoms with Crippen LogP contribution in [0.25, 0.3) is 0 Å². The summed E-state index contributed by atoms with van der Waals surface area (Å²) in [5.74, 6) is 0.747. The van der Waals surface area contributed by atoms with E-state index >= 15 is 0 Å². The third-order valence-electron chi connectivity index (χ3n) is 2.79. The Kier molecular flexibility index (Phi) is 5.26. The van der Waals surface area contributed by atoms with Crippen molar-refractivity contribution in [3.63, 3.8) is 0 Å². The van der Waals surface area contributed by atoms with E-state index in [-0.39, 0.29) is 0 Å². The molecular formula is C12H22N2S. The predicted molar refractivity (Wildman–Crippen MR) is 67.4 cm³/mol. The maximum Gasteiger partial charge on any atom is 0.0926 e. The van der Waals surface area contributed by atoms with Crippen LogP contribution in [-0.2, 0) is 6.42 Å². The summed E-state index contributed by atoms with van der Waals surface area (Å²) in [6.45, 7) is 9.93. The van der Waals surface area contributed by atoms with E-state index in [0.717, 1.165) is 18.9 Å². The Labute approximate surface area is 97.1 Å². The van der Waals surface area contributed by atoms with Crippen LogP contribution >= 0.6 is 11.3 Å². The van der Waals surface area contributed by atoms with Gasteiger partial charge in [-0.15, -0.1) is 11.3 Å². The maximum absolute atomic E-state index is 4.59. The molecule has 0 bridgehead atoms. The van der Waals surface area contributed by atoms with E-state index in [1.807, 2.05) is 0 Å². The van der Waals surface area contributed by atoms with Crippen LogP contribution in [0.5, 0.6) is 0 Å². The average Bonchev–Trinajstić information content (AvgIpc) is 2.73. The van der Waals surface area contributed by atoms with Gasteiger partial charge in [0.2, 0.25) is 0 Å². The number of aryl methyl sites for hydroxylation is 1. The normalized spacial score (nSPS) is 15.2. The zero-order chi connectivity index (χ0) is 11.3. The van der Waals surface area contributed by atoms with Crippen LogP contribution in [0.3, 0.4) is 0 Å². The second-order valence-electron chi connectivity index (χ2n) is 4.16. The number of aromatic nitrogens is 1. The van der Waals surface area contributed by atoms with Crippen LogP contribution in [-0.4, -0.2) is 11.5 Å². The van der Waals surface area contributed by atoms with E-state index < -0.39 is 0 Å². The lowest BCUT2D eigenvalue weighted by atomic mass is 10.1. The van der Waals surface area contributed by atoms with Crippen molar-refractivity contribution < 1.29 is 0 Å². The summed E-state index contributed by atoms with van der Waals surface area (Å²) < 4.78 is 0. The van der Waals surface area contributed by atoms with Crippen LogP contribution in [0.4, 0.5) is 0 Å². The van der Waals surface area contributed by atoms with Gasteiger partial charge >= 0.3 is 0 Å². The van der Waals surface area contributed by atoms with Crippen LogP contribution in [0.15, 0.2) is 5.38 Å². The summed E-state index contributed by atoms with van der Waals surface area (Å²) in [4.78, 5) is 4.59. The van der Waals surface area contributed by atoms with Crippen LogP contribution in [0.1, 0.15) is 50.9 Å². The zero-order valence-electron chi connectivity index (χ0n) is 10.2. The first kappa shape index (κ1) is 12.7. The minimum Gasteiger partial charge on any atom is -0.309 e. The highest BCUT2D eigenvalue weighted by atomic mass is 32.1. The molecule has 1 rings (SSSR count). The smallest absolute Gasteiger partial charge is 0.0926 e. The number of nitrogens with zero attached hydrogens (tertiary/aromatic N) is 1. The van der Waals surface area contributed by atoms with Gasteiger partial charge in [-0.25, -0.2) is 4.98 Å². The van der Waals surface area contributed by atoms with Gasteiger partial charge in [-0.2, -0.15) is 0 Å². The Morgan fingerprint density at radius 1 is 1.40 bits per heavy atom. The molecule has 3 heteroatoms. The second kappa shape index (κ2) is 6.23. The number of hydrogen-bond donors (Lipinski definition) is 1. The largest absolute Gasteiger partial charge is 0.309 e. The first-order chi connectivity index (χ1) is 7.17. The molecule has 0 saturated heterocycles. The molecule has 0 spiro atoms. The van der Waals surface area contributed by atoms with E-state index in [1.165, 1.54) is 17.1 Å². The first-order valence-corrected chi connectivity index (χ1v) is 6.73. The molecule has 1 N–H and O–H groups in total. The highest BCUT2D eigenvalue weighted by molar-refractivity contribution is 7.09. The molecule has 1 heterocycles. The van der Waals surface area contributed by atoms with Gasteiger partial charge in [-0.05, 0) is 25.8 Å². The lowest BCUT2D eigenvalue weighted by molar-refractivity contribution is 0.457. The van der Waals surface area contributed by atoms with Crippen molar-refractivity contribution in [2.24, 2.45) is 5.92 Å². The number of nitrogens with one attached hydrogen (secondary N) is 1. The van der Waals surface area contributed by atoms with Crippen molar-refractivity contribution in [1.82, 2.24) is 10.3 Å². The van der Waals surface area contributed by atoms with Gasteiger partial charge in [-0.3, -0.25) is 0 Å². The van der Waals surface area contributed by atoms with E-state index in [9.17, 15) is 0 Å². The van der Waals surface area contributed by atoms with Gasteiger partial charge in [0.15, 0.2) is 0 Å². The fourth-order valence-electron chi connectivity index (χ4n) is 1.31. The second-order valence-corrected chi connectivity index (χ2v) is 5.11. The van der Waals surface area contributed by atoms with Crippen LogP contribution in [0.2, 0.25) is 0 Å². The third kappa shape index (κ3) is 3.92. The molecule has 1 aromatic rings. The zero-order valence-corrected chi connectivity index (χ0v) is 11.0. The lowest BCUT2D eigenvalue weighted by Gasteiger charge is -2.14. The molecule has 2 atom stereocenters. The lowest BCUT2D eigenvalue weighted by Crippen LogP contribution is -2.24. The van der Waals surface area contributed by atoms with Crippen molar-refractivity contribution in [1.29, 1.82) is 0 Å². The standard InChI is InChI=1S/C12H22N2S/c1-5-9(3)7-13-10(4)11-8-15-12(6-2)14-11/h8-10,13H,5-7H2,1-4H3. The Bertz CT molecular complexity index is 283. The van der Waals surface area contributed by atoms with E-state index in [2.05, 4.69) is 43.4 Å². The van der Waals surface area contributed by atoms with Gasteiger partial charge in [0, 0.05) is 11.4 Å². The highest BCUT2D eigenvalue weighted by Gasteiger charge is 2.09. The van der Waals surface area contributed by atoms with Crippen LogP contribution < -0.4 is 5.32 Å². The minimum absolute atomic E-state index is 0.385. The van der Waals surface area contributed by atoms with Crippen molar-refractivity contribution in [3.05, 3.63) is 16.1 Å². The Morgan fingerprint density at radius 3 is 2.67 bits per heavy atom. The fourth-order valence-corrected chi connectivity index (χ4v) is 2.15. The quantitative estimate of drug-likeness (QED) is 0.804. The van der Waals surface area contributed by atoms with Gasteiger partial charge in [0.05, 0.1) is 10.7 Å².